The quantitative estimate of drug-likeness (QED) is 0.0506. The number of cyclic esters (lactones) is 2. The van der Waals surface area contributed by atoms with Crippen LogP contribution in [0, 0.1) is 0 Å². The van der Waals surface area contributed by atoms with Crippen LogP contribution < -0.4 is 37.3 Å². The molecular weight excluding hydrogens is 680 g/mol. The third kappa shape index (κ3) is 20.8. The third-order valence-electron chi connectivity index (χ3n) is 7.08. The fraction of sp³-hybridized carbons (Fsp3) is 0.514. The van der Waals surface area contributed by atoms with Gasteiger partial charge in [-0.05, 0) is 55.7 Å². The van der Waals surface area contributed by atoms with E-state index in [1.165, 1.54) is 0 Å². The number of hydrogen-bond acceptors (Lipinski definition) is 13. The van der Waals surface area contributed by atoms with Crippen LogP contribution in [0.1, 0.15) is 51.7 Å². The SMILES string of the molecule is CC(C)N(CN)CC(O)COc1ccc(CC(N)=O)cc1.CC(C)NCC(O)COc1ccc(CC(N)=O)cc1.O=C(O)CC[C@@H]1NC(=O)OC1=O. The lowest BCUT2D eigenvalue weighted by atomic mass is 10.1. The van der Waals surface area contributed by atoms with Crippen LogP contribution in [0.15, 0.2) is 48.5 Å². The van der Waals surface area contributed by atoms with Gasteiger partial charge in [0.05, 0.1) is 12.8 Å². The van der Waals surface area contributed by atoms with E-state index in [2.05, 4.69) is 15.4 Å². The van der Waals surface area contributed by atoms with Crippen molar-refractivity contribution in [3.63, 3.8) is 0 Å². The van der Waals surface area contributed by atoms with E-state index in [4.69, 9.17) is 31.8 Å². The van der Waals surface area contributed by atoms with Crippen molar-refractivity contribution in [2.24, 2.45) is 17.2 Å². The number of carbonyl (C=O) groups is 5. The Morgan fingerprint density at radius 1 is 0.865 bits per heavy atom. The molecule has 3 atom stereocenters. The first-order valence-electron chi connectivity index (χ1n) is 16.8. The lowest BCUT2D eigenvalue weighted by molar-refractivity contribution is -0.138. The van der Waals surface area contributed by atoms with Gasteiger partial charge in [0, 0.05) is 38.3 Å². The molecule has 2 unspecified atom stereocenters. The average Bonchev–Trinajstić information content (AvgIpc) is 3.40. The number of amides is 3. The molecule has 1 heterocycles. The summed E-state index contributed by atoms with van der Waals surface area (Å²) in [6, 6.07) is 14.0. The predicted octanol–water partition coefficient (Wildman–Crippen LogP) is 0.0190. The van der Waals surface area contributed by atoms with Crippen LogP contribution in [0.2, 0.25) is 0 Å². The molecule has 17 nitrogen and oxygen atoms in total. The summed E-state index contributed by atoms with van der Waals surface area (Å²) in [7, 11) is 0. The Balaban J connectivity index is 0.000000404. The summed E-state index contributed by atoms with van der Waals surface area (Å²) in [6.07, 6.45) is -1.63. The number of carboxylic acid groups (broad SMARTS) is 1. The van der Waals surface area contributed by atoms with Crippen LogP contribution in [0.5, 0.6) is 11.5 Å². The second-order valence-electron chi connectivity index (χ2n) is 12.5. The number of primary amides is 2. The number of ether oxygens (including phenoxy) is 3. The zero-order valence-electron chi connectivity index (χ0n) is 30.2. The highest BCUT2D eigenvalue weighted by Gasteiger charge is 2.32. The normalized spacial score (nSPS) is 14.7. The Bertz CT molecular complexity index is 1390. The first kappa shape index (κ1) is 45.2. The number of nitrogens with one attached hydrogen (secondary N) is 2. The van der Waals surface area contributed by atoms with Gasteiger partial charge in [0.25, 0.3) is 0 Å². The number of carbonyl (C=O) groups excluding carboxylic acids is 4. The first-order valence-corrected chi connectivity index (χ1v) is 16.8. The molecule has 52 heavy (non-hydrogen) atoms. The number of rotatable bonds is 20. The highest BCUT2D eigenvalue weighted by Crippen LogP contribution is 2.14. The molecule has 1 fully saturated rings. The topological polar surface area (TPSA) is 279 Å². The van der Waals surface area contributed by atoms with Crippen molar-refractivity contribution in [1.82, 2.24) is 15.5 Å². The van der Waals surface area contributed by atoms with E-state index in [1.54, 1.807) is 48.5 Å². The molecule has 17 heteroatoms. The molecule has 0 saturated carbocycles. The highest BCUT2D eigenvalue weighted by atomic mass is 16.6. The number of alkyl carbamates (subject to hydrolysis) is 1. The van der Waals surface area contributed by atoms with Crippen molar-refractivity contribution in [2.45, 2.75) is 83.7 Å². The number of aliphatic hydroxyl groups excluding tert-OH is 2. The minimum absolute atomic E-state index is 0.0694. The van der Waals surface area contributed by atoms with Gasteiger partial charge < -0.3 is 57.4 Å². The highest BCUT2D eigenvalue weighted by molar-refractivity contribution is 5.95. The molecule has 2 aromatic rings. The van der Waals surface area contributed by atoms with Crippen LogP contribution in [-0.2, 0) is 36.8 Å². The zero-order valence-corrected chi connectivity index (χ0v) is 30.2. The summed E-state index contributed by atoms with van der Waals surface area (Å²) in [5.74, 6) is -1.13. The van der Waals surface area contributed by atoms with Gasteiger partial charge in [-0.25, -0.2) is 9.59 Å². The number of nitrogens with zero attached hydrogens (tertiary/aromatic N) is 1. The van der Waals surface area contributed by atoms with Crippen LogP contribution in [0.25, 0.3) is 0 Å². The summed E-state index contributed by atoms with van der Waals surface area (Å²) >= 11 is 0. The summed E-state index contributed by atoms with van der Waals surface area (Å²) in [4.78, 5) is 54.7. The molecular formula is C35H54N6O11. The number of nitrogens with two attached hydrogens (primary N) is 3. The van der Waals surface area contributed by atoms with Gasteiger partial charge >= 0.3 is 18.0 Å². The van der Waals surface area contributed by atoms with E-state index in [-0.39, 0.29) is 56.8 Å². The molecule has 0 aliphatic carbocycles. The molecule has 1 saturated heterocycles. The van der Waals surface area contributed by atoms with Crippen LogP contribution in [0.3, 0.4) is 0 Å². The maximum atomic E-state index is 10.8. The molecule has 0 spiro atoms. The van der Waals surface area contributed by atoms with Crippen molar-refractivity contribution in [3.05, 3.63) is 59.7 Å². The van der Waals surface area contributed by atoms with Crippen LogP contribution in [0.4, 0.5) is 4.79 Å². The number of aliphatic carboxylic acids is 1. The largest absolute Gasteiger partial charge is 0.491 e. The van der Waals surface area contributed by atoms with Crippen molar-refractivity contribution in [3.8, 4) is 11.5 Å². The summed E-state index contributed by atoms with van der Waals surface area (Å²) in [5.41, 5.74) is 17.5. The number of benzene rings is 2. The van der Waals surface area contributed by atoms with Crippen molar-refractivity contribution in [1.29, 1.82) is 0 Å². The Morgan fingerprint density at radius 2 is 1.35 bits per heavy atom. The number of aliphatic hydroxyl groups is 2. The van der Waals surface area contributed by atoms with Gasteiger partial charge in [-0.2, -0.15) is 0 Å². The Kier molecular flexibility index (Phi) is 21.2. The lowest BCUT2D eigenvalue weighted by Crippen LogP contribution is -2.42. The second-order valence-corrected chi connectivity index (χ2v) is 12.5. The standard InChI is InChI=1S/C15H25N3O3.C14H22N2O3.C6H7NO5/c1-11(2)18(10-16)8-13(19)9-21-14-5-3-12(4-6-14)7-15(17)20;1-10(2)16-8-12(17)9-19-13-5-3-11(4-6-13)7-14(15)18;8-4(9)2-1-3-5(10)12-6(11)7-3/h3-6,11,13,19H,7-10,16H2,1-2H3,(H2,17,20);3-6,10,12,16-17H,7-9H2,1-2H3,(H2,15,18);3H,1-2H2,(H,7,11)(H,8,9)/t;;3-/m..0/s1. The molecule has 3 amide bonds. The Labute approximate surface area is 303 Å². The van der Waals surface area contributed by atoms with Gasteiger partial charge in [0.2, 0.25) is 11.8 Å². The monoisotopic (exact) mass is 734 g/mol. The maximum absolute atomic E-state index is 10.8. The maximum Gasteiger partial charge on any atom is 0.415 e. The van der Waals surface area contributed by atoms with Gasteiger partial charge in [-0.3, -0.25) is 19.3 Å². The van der Waals surface area contributed by atoms with Crippen LogP contribution >= 0.6 is 0 Å². The van der Waals surface area contributed by atoms with E-state index >= 15 is 0 Å². The molecule has 0 aromatic heterocycles. The number of esters is 1. The molecule has 2 aromatic carbocycles. The average molecular weight is 735 g/mol. The van der Waals surface area contributed by atoms with Gasteiger partial charge in [0.15, 0.2) is 0 Å². The van der Waals surface area contributed by atoms with Crippen molar-refractivity contribution < 1.29 is 53.5 Å². The zero-order chi connectivity index (χ0) is 39.2. The lowest BCUT2D eigenvalue weighted by Gasteiger charge is -2.26. The van der Waals surface area contributed by atoms with Gasteiger partial charge in [0.1, 0.15) is 43.0 Å². The molecule has 0 bridgehead atoms. The molecule has 290 valence electrons. The summed E-state index contributed by atoms with van der Waals surface area (Å²) < 4.78 is 15.1. The van der Waals surface area contributed by atoms with Gasteiger partial charge in [-0.1, -0.05) is 38.1 Å². The van der Waals surface area contributed by atoms with E-state index in [9.17, 15) is 34.2 Å². The Morgan fingerprint density at radius 3 is 1.71 bits per heavy atom. The smallest absolute Gasteiger partial charge is 0.415 e. The van der Waals surface area contributed by atoms with Crippen molar-refractivity contribution >= 4 is 29.8 Å². The fourth-order valence-electron chi connectivity index (χ4n) is 4.30. The Hall–Kier alpha value is -4.81. The first-order chi connectivity index (χ1) is 24.5. The second kappa shape index (κ2) is 24.4. The minimum Gasteiger partial charge on any atom is -0.491 e. The van der Waals surface area contributed by atoms with Crippen molar-refractivity contribution in [2.75, 3.05) is 33.0 Å². The van der Waals surface area contributed by atoms with E-state index in [1.807, 2.05) is 32.6 Å². The molecule has 1 aliphatic heterocycles. The summed E-state index contributed by atoms with van der Waals surface area (Å²) in [6.45, 7) is 9.88. The van der Waals surface area contributed by atoms with E-state index in [0.29, 0.717) is 37.3 Å². The molecule has 1 aliphatic rings. The minimum atomic E-state index is -1.01. The summed E-state index contributed by atoms with van der Waals surface area (Å²) in [5, 5.41) is 33.2. The fourth-order valence-corrected chi connectivity index (χ4v) is 4.30. The number of carboxylic acids is 1. The van der Waals surface area contributed by atoms with Gasteiger partial charge in [-0.15, -0.1) is 0 Å². The van der Waals surface area contributed by atoms with E-state index in [0.717, 1.165) is 11.1 Å². The van der Waals surface area contributed by atoms with Crippen LogP contribution in [-0.4, -0.2) is 113 Å². The molecule has 3 rings (SSSR count). The molecule has 0 radical (unpaired) electrons. The number of hydrogen-bond donors (Lipinski definition) is 8. The third-order valence-corrected chi connectivity index (χ3v) is 7.08. The predicted molar refractivity (Wildman–Crippen MR) is 191 cm³/mol. The molecule has 11 N–H and O–H groups in total. The van der Waals surface area contributed by atoms with E-state index < -0.39 is 36.3 Å².